The van der Waals surface area contributed by atoms with Crippen LogP contribution in [0.1, 0.15) is 19.4 Å². The van der Waals surface area contributed by atoms with Crippen molar-refractivity contribution in [1.82, 2.24) is 0 Å². The quantitative estimate of drug-likeness (QED) is 0.800. The molecular weight excluding hydrogens is 214 g/mol. The van der Waals surface area contributed by atoms with Crippen LogP contribution >= 0.6 is 0 Å². The van der Waals surface area contributed by atoms with Gasteiger partial charge >= 0.3 is 0 Å². The predicted molar refractivity (Wildman–Crippen MR) is 68.7 cm³/mol. The second-order valence-electron chi connectivity index (χ2n) is 4.67. The van der Waals surface area contributed by atoms with Gasteiger partial charge in [0.15, 0.2) is 5.90 Å². The molecule has 1 aliphatic heterocycles. The molecule has 0 aromatic heterocycles. The highest BCUT2D eigenvalue weighted by atomic mass is 16.5. The molecule has 1 aliphatic rings. The van der Waals surface area contributed by atoms with E-state index in [0.717, 1.165) is 24.7 Å². The monoisotopic (exact) mass is 233 g/mol. The summed E-state index contributed by atoms with van der Waals surface area (Å²) in [6.45, 7) is 5.07. The van der Waals surface area contributed by atoms with Crippen LogP contribution < -0.4 is 4.74 Å². The lowest BCUT2D eigenvalue weighted by molar-refractivity contribution is 0.287. The second-order valence-corrected chi connectivity index (χ2v) is 4.67. The summed E-state index contributed by atoms with van der Waals surface area (Å²) in [4.78, 5) is 4.59. The van der Waals surface area contributed by atoms with Crippen molar-refractivity contribution in [2.75, 3.05) is 13.7 Å². The molecule has 0 saturated carbocycles. The van der Waals surface area contributed by atoms with Crippen molar-refractivity contribution >= 4 is 5.90 Å². The van der Waals surface area contributed by atoms with Crippen LogP contribution in [0, 0.1) is 5.92 Å². The van der Waals surface area contributed by atoms with E-state index in [1.165, 1.54) is 5.56 Å². The second kappa shape index (κ2) is 5.21. The molecule has 0 bridgehead atoms. The predicted octanol–water partition coefficient (Wildman–Crippen LogP) is 2.69. The van der Waals surface area contributed by atoms with Gasteiger partial charge in [-0.15, -0.1) is 0 Å². The SMILES string of the molecule is COc1ccc(CC2=N[C@H](C(C)C)CO2)cc1. The van der Waals surface area contributed by atoms with Gasteiger partial charge in [0.1, 0.15) is 12.4 Å². The fourth-order valence-electron chi connectivity index (χ4n) is 1.80. The van der Waals surface area contributed by atoms with Crippen LogP contribution in [-0.2, 0) is 11.2 Å². The molecule has 1 aromatic carbocycles. The number of aliphatic imine (C=N–C) groups is 1. The molecule has 3 heteroatoms. The summed E-state index contributed by atoms with van der Waals surface area (Å²) in [6.07, 6.45) is 0.771. The molecule has 0 saturated heterocycles. The van der Waals surface area contributed by atoms with Gasteiger partial charge in [0, 0.05) is 6.42 Å². The minimum atomic E-state index is 0.322. The summed E-state index contributed by atoms with van der Waals surface area (Å²) < 4.78 is 10.7. The fourth-order valence-corrected chi connectivity index (χ4v) is 1.80. The van der Waals surface area contributed by atoms with Gasteiger partial charge in [-0.2, -0.15) is 0 Å². The average molecular weight is 233 g/mol. The van der Waals surface area contributed by atoms with E-state index in [9.17, 15) is 0 Å². The number of nitrogens with zero attached hydrogens (tertiary/aromatic N) is 1. The first kappa shape index (κ1) is 12.0. The molecule has 1 atom stereocenters. The number of methoxy groups -OCH3 is 1. The first-order chi connectivity index (χ1) is 8.19. The van der Waals surface area contributed by atoms with E-state index in [-0.39, 0.29) is 0 Å². The van der Waals surface area contributed by atoms with Crippen molar-refractivity contribution in [3.8, 4) is 5.75 Å². The van der Waals surface area contributed by atoms with E-state index in [1.54, 1.807) is 7.11 Å². The lowest BCUT2D eigenvalue weighted by Crippen LogP contribution is -2.13. The molecule has 17 heavy (non-hydrogen) atoms. The standard InChI is InChI=1S/C14H19NO2/c1-10(2)13-9-17-14(15-13)8-11-4-6-12(16-3)7-5-11/h4-7,10,13H,8-9H2,1-3H3/t13-/m0/s1. The maximum absolute atomic E-state index is 5.61. The summed E-state index contributed by atoms with van der Waals surface area (Å²) in [7, 11) is 1.67. The zero-order valence-electron chi connectivity index (χ0n) is 10.6. The Labute approximate surface area is 102 Å². The van der Waals surface area contributed by atoms with Gasteiger partial charge in [-0.05, 0) is 23.6 Å². The molecule has 0 fully saturated rings. The van der Waals surface area contributed by atoms with Crippen LogP contribution in [-0.4, -0.2) is 25.7 Å². The molecule has 0 radical (unpaired) electrons. The Hall–Kier alpha value is -1.51. The van der Waals surface area contributed by atoms with Gasteiger partial charge in [0.2, 0.25) is 0 Å². The van der Waals surface area contributed by atoms with E-state index in [0.29, 0.717) is 12.0 Å². The average Bonchev–Trinajstić information content (AvgIpc) is 2.79. The number of hydrogen-bond donors (Lipinski definition) is 0. The van der Waals surface area contributed by atoms with Gasteiger partial charge in [-0.3, -0.25) is 0 Å². The molecule has 3 nitrogen and oxygen atoms in total. The Morgan fingerprint density at radius 3 is 2.59 bits per heavy atom. The third kappa shape index (κ3) is 2.99. The summed E-state index contributed by atoms with van der Waals surface area (Å²) in [5.41, 5.74) is 1.20. The number of rotatable bonds is 4. The molecule has 1 heterocycles. The maximum atomic E-state index is 5.61. The maximum Gasteiger partial charge on any atom is 0.188 e. The minimum absolute atomic E-state index is 0.322. The minimum Gasteiger partial charge on any atom is -0.497 e. The number of benzene rings is 1. The smallest absolute Gasteiger partial charge is 0.188 e. The van der Waals surface area contributed by atoms with Crippen molar-refractivity contribution in [3.63, 3.8) is 0 Å². The first-order valence-corrected chi connectivity index (χ1v) is 6.01. The van der Waals surface area contributed by atoms with Gasteiger partial charge in [-0.1, -0.05) is 26.0 Å². The summed E-state index contributed by atoms with van der Waals surface area (Å²) in [5.74, 6) is 2.28. The van der Waals surface area contributed by atoms with Crippen molar-refractivity contribution in [1.29, 1.82) is 0 Å². The lowest BCUT2D eigenvalue weighted by atomic mass is 10.1. The molecule has 1 aromatic rings. The highest BCUT2D eigenvalue weighted by Gasteiger charge is 2.21. The van der Waals surface area contributed by atoms with E-state index >= 15 is 0 Å². The van der Waals surface area contributed by atoms with E-state index < -0.39 is 0 Å². The first-order valence-electron chi connectivity index (χ1n) is 6.01. The molecule has 0 aliphatic carbocycles. The lowest BCUT2D eigenvalue weighted by Gasteiger charge is -2.06. The molecule has 0 spiro atoms. The number of ether oxygens (including phenoxy) is 2. The van der Waals surface area contributed by atoms with Gasteiger partial charge in [0.25, 0.3) is 0 Å². The van der Waals surface area contributed by atoms with Crippen molar-refractivity contribution in [2.24, 2.45) is 10.9 Å². The third-order valence-electron chi connectivity index (χ3n) is 3.01. The molecule has 0 N–H and O–H groups in total. The molecule has 0 unspecified atom stereocenters. The summed E-state index contributed by atoms with van der Waals surface area (Å²) >= 11 is 0. The highest BCUT2D eigenvalue weighted by Crippen LogP contribution is 2.17. The van der Waals surface area contributed by atoms with Crippen LogP contribution in [0.2, 0.25) is 0 Å². The van der Waals surface area contributed by atoms with Gasteiger partial charge in [-0.25, -0.2) is 4.99 Å². The van der Waals surface area contributed by atoms with Crippen LogP contribution in [0.4, 0.5) is 0 Å². The van der Waals surface area contributed by atoms with Crippen molar-refractivity contribution in [3.05, 3.63) is 29.8 Å². The van der Waals surface area contributed by atoms with E-state index in [4.69, 9.17) is 9.47 Å². The van der Waals surface area contributed by atoms with E-state index in [1.807, 2.05) is 24.3 Å². The largest absolute Gasteiger partial charge is 0.497 e. The van der Waals surface area contributed by atoms with Crippen LogP contribution in [0.25, 0.3) is 0 Å². The Morgan fingerprint density at radius 1 is 1.35 bits per heavy atom. The molecule has 0 amide bonds. The van der Waals surface area contributed by atoms with Gasteiger partial charge < -0.3 is 9.47 Å². The Balaban J connectivity index is 1.99. The number of hydrogen-bond acceptors (Lipinski definition) is 3. The normalized spacial score (nSPS) is 19.1. The third-order valence-corrected chi connectivity index (χ3v) is 3.01. The Kier molecular flexibility index (Phi) is 3.67. The highest BCUT2D eigenvalue weighted by molar-refractivity contribution is 5.80. The van der Waals surface area contributed by atoms with Crippen LogP contribution in [0.15, 0.2) is 29.3 Å². The molecular formula is C14H19NO2. The Bertz CT molecular complexity index is 395. The van der Waals surface area contributed by atoms with Gasteiger partial charge in [0.05, 0.1) is 13.2 Å². The zero-order chi connectivity index (χ0) is 12.3. The fraction of sp³-hybridized carbons (Fsp3) is 0.500. The van der Waals surface area contributed by atoms with E-state index in [2.05, 4.69) is 18.8 Å². The van der Waals surface area contributed by atoms with Crippen LogP contribution in [0.5, 0.6) is 5.75 Å². The van der Waals surface area contributed by atoms with Crippen molar-refractivity contribution in [2.45, 2.75) is 26.3 Å². The Morgan fingerprint density at radius 2 is 2.06 bits per heavy atom. The summed E-state index contributed by atoms with van der Waals surface area (Å²) in [5, 5.41) is 0. The summed E-state index contributed by atoms with van der Waals surface area (Å²) in [6, 6.07) is 8.35. The molecule has 92 valence electrons. The van der Waals surface area contributed by atoms with Crippen LogP contribution in [0.3, 0.4) is 0 Å². The topological polar surface area (TPSA) is 30.8 Å². The molecule has 2 rings (SSSR count). The van der Waals surface area contributed by atoms with Crippen molar-refractivity contribution < 1.29 is 9.47 Å². The zero-order valence-corrected chi connectivity index (χ0v) is 10.6.